The summed E-state index contributed by atoms with van der Waals surface area (Å²) in [6.07, 6.45) is 0.292. The fraction of sp³-hybridized carbons (Fsp3) is 0.435. The smallest absolute Gasteiger partial charge is 0.363 e. The molecule has 0 amide bonds. The van der Waals surface area contributed by atoms with E-state index in [2.05, 4.69) is 22.2 Å². The van der Waals surface area contributed by atoms with Crippen LogP contribution in [0.15, 0.2) is 35.3 Å². The maximum Gasteiger partial charge on any atom is 0.416 e. The third kappa shape index (κ3) is 3.79. The Balaban J connectivity index is 1.78. The molecule has 1 aliphatic rings. The maximum absolute atomic E-state index is 13.3. The SMILES string of the molecule is Cc1nc(N[C@H](C)c2cccc(C(F)(F)F)c2C)c2cn(C3(C)CCC3)c(=O)cc2n1. The van der Waals surface area contributed by atoms with Gasteiger partial charge in [0.15, 0.2) is 0 Å². The number of fused-ring (bicyclic) bond motifs is 1. The zero-order chi connectivity index (χ0) is 22.6. The Hall–Kier alpha value is -2.90. The number of benzene rings is 1. The van der Waals surface area contributed by atoms with Crippen LogP contribution in [0.3, 0.4) is 0 Å². The lowest BCUT2D eigenvalue weighted by molar-refractivity contribution is -0.138. The number of rotatable bonds is 4. The second-order valence-corrected chi connectivity index (χ2v) is 8.63. The van der Waals surface area contributed by atoms with E-state index in [9.17, 15) is 18.0 Å². The van der Waals surface area contributed by atoms with Crippen molar-refractivity contribution in [1.82, 2.24) is 14.5 Å². The molecule has 2 aromatic heterocycles. The normalized spacial score (nSPS) is 16.7. The molecule has 8 heteroatoms. The van der Waals surface area contributed by atoms with Gasteiger partial charge in [0.2, 0.25) is 0 Å². The first-order valence-corrected chi connectivity index (χ1v) is 10.3. The first kappa shape index (κ1) is 21.3. The molecule has 1 fully saturated rings. The number of alkyl halides is 3. The molecule has 4 rings (SSSR count). The van der Waals surface area contributed by atoms with Gasteiger partial charge in [-0.3, -0.25) is 4.79 Å². The zero-order valence-corrected chi connectivity index (χ0v) is 18.0. The van der Waals surface area contributed by atoms with Crippen LogP contribution in [0.25, 0.3) is 10.9 Å². The van der Waals surface area contributed by atoms with Crippen molar-refractivity contribution in [2.75, 3.05) is 5.32 Å². The van der Waals surface area contributed by atoms with Gasteiger partial charge < -0.3 is 9.88 Å². The van der Waals surface area contributed by atoms with Crippen LogP contribution < -0.4 is 10.9 Å². The van der Waals surface area contributed by atoms with Crippen molar-refractivity contribution < 1.29 is 13.2 Å². The van der Waals surface area contributed by atoms with Crippen LogP contribution in [0.5, 0.6) is 0 Å². The Kier molecular flexibility index (Phi) is 5.06. The summed E-state index contributed by atoms with van der Waals surface area (Å²) in [5, 5.41) is 3.94. The molecule has 31 heavy (non-hydrogen) atoms. The van der Waals surface area contributed by atoms with E-state index in [1.807, 2.05) is 0 Å². The van der Waals surface area contributed by atoms with Crippen molar-refractivity contribution in [2.45, 2.75) is 64.7 Å². The van der Waals surface area contributed by atoms with Crippen LogP contribution in [0.1, 0.15) is 61.7 Å². The third-order valence-corrected chi connectivity index (χ3v) is 6.36. The van der Waals surface area contributed by atoms with Gasteiger partial charge in [0.05, 0.1) is 22.5 Å². The molecule has 0 aliphatic heterocycles. The van der Waals surface area contributed by atoms with Crippen LogP contribution in [0, 0.1) is 13.8 Å². The molecule has 3 aromatic rings. The first-order valence-electron chi connectivity index (χ1n) is 10.3. The minimum atomic E-state index is -4.41. The van der Waals surface area contributed by atoms with E-state index >= 15 is 0 Å². The quantitative estimate of drug-likeness (QED) is 0.594. The van der Waals surface area contributed by atoms with E-state index in [4.69, 9.17) is 0 Å². The summed E-state index contributed by atoms with van der Waals surface area (Å²) < 4.78 is 41.8. The summed E-state index contributed by atoms with van der Waals surface area (Å²) in [6.45, 7) is 7.06. The van der Waals surface area contributed by atoms with Gasteiger partial charge in [-0.25, -0.2) is 9.97 Å². The highest BCUT2D eigenvalue weighted by atomic mass is 19.4. The van der Waals surface area contributed by atoms with E-state index in [1.54, 1.807) is 30.7 Å². The number of aromatic nitrogens is 3. The molecule has 1 aliphatic carbocycles. The van der Waals surface area contributed by atoms with Gasteiger partial charge in [-0.05, 0) is 64.2 Å². The summed E-state index contributed by atoms with van der Waals surface area (Å²) >= 11 is 0. The Labute approximate surface area is 178 Å². The fourth-order valence-electron chi connectivity index (χ4n) is 4.39. The number of hydrogen-bond donors (Lipinski definition) is 1. The average molecular weight is 430 g/mol. The second kappa shape index (κ2) is 7.35. The van der Waals surface area contributed by atoms with Crippen LogP contribution >= 0.6 is 0 Å². The summed E-state index contributed by atoms with van der Waals surface area (Å²) in [6, 6.07) is 5.28. The highest BCUT2D eigenvalue weighted by Crippen LogP contribution is 2.39. The Morgan fingerprint density at radius 1 is 1.19 bits per heavy atom. The number of hydrogen-bond acceptors (Lipinski definition) is 4. The zero-order valence-electron chi connectivity index (χ0n) is 18.0. The van der Waals surface area contributed by atoms with Gasteiger partial charge in [-0.2, -0.15) is 13.2 Å². The molecular formula is C23H25F3N4O. The number of anilines is 1. The lowest BCUT2D eigenvalue weighted by atomic mass is 9.78. The molecule has 0 spiro atoms. The standard InChI is InChI=1S/C23H25F3N4O/c1-13-16(7-5-8-18(13)23(24,25)26)14(2)27-21-17-12-30(22(4)9-6-10-22)20(31)11-19(17)28-15(3)29-21/h5,7-8,11-12,14H,6,9-10H2,1-4H3,(H,27,28,29)/t14-/m1/s1. The van der Waals surface area contributed by atoms with Gasteiger partial charge in [0, 0.05) is 17.8 Å². The van der Waals surface area contributed by atoms with Gasteiger partial charge in [-0.1, -0.05) is 12.1 Å². The molecule has 0 radical (unpaired) electrons. The summed E-state index contributed by atoms with van der Waals surface area (Å²) in [4.78, 5) is 21.6. The number of nitrogens with zero attached hydrogens (tertiary/aromatic N) is 3. The maximum atomic E-state index is 13.3. The van der Waals surface area contributed by atoms with Crippen molar-refractivity contribution in [2.24, 2.45) is 0 Å². The highest BCUT2D eigenvalue weighted by Gasteiger charge is 2.35. The number of aryl methyl sites for hydroxylation is 1. The van der Waals surface area contributed by atoms with E-state index in [-0.39, 0.29) is 16.7 Å². The molecule has 0 unspecified atom stereocenters. The van der Waals surface area contributed by atoms with Crippen molar-refractivity contribution in [3.63, 3.8) is 0 Å². The third-order valence-electron chi connectivity index (χ3n) is 6.36. The van der Waals surface area contributed by atoms with Gasteiger partial charge in [0.1, 0.15) is 11.6 Å². The van der Waals surface area contributed by atoms with Gasteiger partial charge in [0.25, 0.3) is 5.56 Å². The van der Waals surface area contributed by atoms with Crippen LogP contribution in [0.4, 0.5) is 19.0 Å². The molecule has 1 N–H and O–H groups in total. The van der Waals surface area contributed by atoms with E-state index in [0.717, 1.165) is 25.3 Å². The number of halogens is 3. The van der Waals surface area contributed by atoms with Crippen LogP contribution in [-0.4, -0.2) is 14.5 Å². The fourth-order valence-corrected chi connectivity index (χ4v) is 4.39. The van der Waals surface area contributed by atoms with E-state index in [1.165, 1.54) is 19.1 Å². The van der Waals surface area contributed by atoms with Crippen molar-refractivity contribution in [3.8, 4) is 0 Å². The largest absolute Gasteiger partial charge is 0.416 e. The average Bonchev–Trinajstić information content (AvgIpc) is 2.64. The topological polar surface area (TPSA) is 59.8 Å². The molecule has 1 aromatic carbocycles. The van der Waals surface area contributed by atoms with Gasteiger partial charge >= 0.3 is 6.18 Å². The highest BCUT2D eigenvalue weighted by molar-refractivity contribution is 5.88. The van der Waals surface area contributed by atoms with Gasteiger partial charge in [-0.15, -0.1) is 0 Å². The Morgan fingerprint density at radius 3 is 2.52 bits per heavy atom. The predicted molar refractivity (Wildman–Crippen MR) is 114 cm³/mol. The summed E-state index contributed by atoms with van der Waals surface area (Å²) in [7, 11) is 0. The van der Waals surface area contributed by atoms with Crippen molar-refractivity contribution in [1.29, 1.82) is 0 Å². The summed E-state index contributed by atoms with van der Waals surface area (Å²) in [5.41, 5.74) is 0.265. The van der Waals surface area contributed by atoms with Crippen molar-refractivity contribution in [3.05, 3.63) is 63.3 Å². The molecule has 1 atom stereocenters. The minimum Gasteiger partial charge on any atom is -0.363 e. The lowest BCUT2D eigenvalue weighted by Gasteiger charge is -2.40. The number of pyridine rings is 1. The molecule has 164 valence electrons. The molecule has 5 nitrogen and oxygen atoms in total. The molecule has 1 saturated carbocycles. The molecular weight excluding hydrogens is 405 g/mol. The van der Waals surface area contributed by atoms with E-state index in [0.29, 0.717) is 28.1 Å². The Bertz CT molecular complexity index is 1210. The lowest BCUT2D eigenvalue weighted by Crippen LogP contribution is -2.43. The second-order valence-electron chi connectivity index (χ2n) is 8.63. The molecule has 2 heterocycles. The van der Waals surface area contributed by atoms with E-state index < -0.39 is 17.8 Å². The molecule has 0 saturated heterocycles. The summed E-state index contributed by atoms with van der Waals surface area (Å²) in [5.74, 6) is 0.985. The Morgan fingerprint density at radius 2 is 1.90 bits per heavy atom. The monoisotopic (exact) mass is 430 g/mol. The van der Waals surface area contributed by atoms with Crippen LogP contribution in [0.2, 0.25) is 0 Å². The first-order chi connectivity index (χ1) is 14.5. The molecule has 0 bridgehead atoms. The minimum absolute atomic E-state index is 0.111. The predicted octanol–water partition coefficient (Wildman–Crippen LogP) is 5.50. The van der Waals surface area contributed by atoms with Crippen LogP contribution in [-0.2, 0) is 11.7 Å². The number of nitrogens with one attached hydrogen (secondary N) is 1. The van der Waals surface area contributed by atoms with Crippen molar-refractivity contribution >= 4 is 16.7 Å².